The number of ether oxygens (including phenoxy) is 3. The number of aliphatic imine (C=N–C) groups is 1. The van der Waals surface area contributed by atoms with Crippen molar-refractivity contribution in [2.24, 2.45) is 10.9 Å². The van der Waals surface area contributed by atoms with Crippen LogP contribution in [0.1, 0.15) is 12.8 Å². The second-order valence-corrected chi connectivity index (χ2v) is 6.61. The first kappa shape index (κ1) is 21.3. The van der Waals surface area contributed by atoms with Crippen LogP contribution in [-0.2, 0) is 9.47 Å². The molecule has 2 N–H and O–H groups in total. The maximum absolute atomic E-state index is 5.49. The standard InChI is InChI=1S/C20H34N4O3/c1-21-20(22-10-6-12-27-14-13-25-2)23-15-17-9-11-24(16-17)18-7-4-5-8-19(18)26-3/h4-5,7-8,17H,6,9-16H2,1-3H3,(H2,21,22,23). The Kier molecular flexibility index (Phi) is 9.79. The first-order chi connectivity index (χ1) is 13.3. The van der Waals surface area contributed by atoms with E-state index in [2.05, 4.69) is 32.7 Å². The van der Waals surface area contributed by atoms with E-state index in [0.29, 0.717) is 19.1 Å². The first-order valence-electron chi connectivity index (χ1n) is 9.67. The zero-order chi connectivity index (χ0) is 19.3. The monoisotopic (exact) mass is 378 g/mol. The van der Waals surface area contributed by atoms with Crippen LogP contribution >= 0.6 is 0 Å². The summed E-state index contributed by atoms with van der Waals surface area (Å²) in [6, 6.07) is 8.22. The Hall–Kier alpha value is -1.99. The highest BCUT2D eigenvalue weighted by Crippen LogP contribution is 2.31. The summed E-state index contributed by atoms with van der Waals surface area (Å²) >= 11 is 0. The molecule has 1 aromatic carbocycles. The molecule has 0 bridgehead atoms. The fourth-order valence-electron chi connectivity index (χ4n) is 3.20. The molecule has 0 saturated carbocycles. The number of anilines is 1. The molecule has 152 valence electrons. The first-order valence-corrected chi connectivity index (χ1v) is 9.67. The summed E-state index contributed by atoms with van der Waals surface area (Å²) in [6.07, 6.45) is 2.10. The summed E-state index contributed by atoms with van der Waals surface area (Å²) in [5, 5.41) is 6.78. The van der Waals surface area contributed by atoms with Gasteiger partial charge in [-0.15, -0.1) is 0 Å². The van der Waals surface area contributed by atoms with Gasteiger partial charge >= 0.3 is 0 Å². The number of methoxy groups -OCH3 is 2. The van der Waals surface area contributed by atoms with E-state index in [4.69, 9.17) is 14.2 Å². The average molecular weight is 379 g/mol. The summed E-state index contributed by atoms with van der Waals surface area (Å²) < 4.78 is 15.9. The lowest BCUT2D eigenvalue weighted by molar-refractivity contribution is 0.0698. The Balaban J connectivity index is 1.65. The van der Waals surface area contributed by atoms with Crippen LogP contribution in [0.3, 0.4) is 0 Å². The average Bonchev–Trinajstić information content (AvgIpc) is 3.18. The van der Waals surface area contributed by atoms with Crippen LogP contribution in [0.5, 0.6) is 5.75 Å². The number of rotatable bonds is 11. The van der Waals surface area contributed by atoms with Gasteiger partial charge in [-0.2, -0.15) is 0 Å². The fraction of sp³-hybridized carbons (Fsp3) is 0.650. The van der Waals surface area contributed by atoms with Gasteiger partial charge in [0.25, 0.3) is 0 Å². The lowest BCUT2D eigenvalue weighted by atomic mass is 10.1. The molecule has 0 radical (unpaired) electrons. The second-order valence-electron chi connectivity index (χ2n) is 6.61. The Morgan fingerprint density at radius 3 is 2.81 bits per heavy atom. The minimum atomic E-state index is 0.589. The lowest BCUT2D eigenvalue weighted by Gasteiger charge is -2.21. The van der Waals surface area contributed by atoms with Crippen molar-refractivity contribution < 1.29 is 14.2 Å². The van der Waals surface area contributed by atoms with Crippen molar-refractivity contribution in [1.29, 1.82) is 0 Å². The predicted molar refractivity (Wildman–Crippen MR) is 110 cm³/mol. The van der Waals surface area contributed by atoms with Gasteiger partial charge in [0.1, 0.15) is 5.75 Å². The number of hydrogen-bond donors (Lipinski definition) is 2. The summed E-state index contributed by atoms with van der Waals surface area (Å²) in [6.45, 7) is 5.84. The van der Waals surface area contributed by atoms with Crippen LogP contribution in [0.2, 0.25) is 0 Å². The van der Waals surface area contributed by atoms with Gasteiger partial charge in [-0.25, -0.2) is 0 Å². The van der Waals surface area contributed by atoms with Crippen LogP contribution in [0, 0.1) is 5.92 Å². The third-order valence-electron chi connectivity index (χ3n) is 4.68. The molecule has 2 rings (SSSR count). The molecule has 27 heavy (non-hydrogen) atoms. The normalized spacial score (nSPS) is 17.2. The van der Waals surface area contributed by atoms with Gasteiger partial charge in [-0.3, -0.25) is 4.99 Å². The third kappa shape index (κ3) is 7.27. The SMILES string of the molecule is CN=C(NCCCOCCOC)NCC1CCN(c2ccccc2OC)C1. The Bertz CT molecular complexity index is 568. The number of guanidine groups is 1. The van der Waals surface area contributed by atoms with Crippen LogP contribution in [0.15, 0.2) is 29.3 Å². The molecule has 1 aromatic rings. The molecule has 0 aliphatic carbocycles. The highest BCUT2D eigenvalue weighted by atomic mass is 16.5. The number of para-hydroxylation sites is 2. The number of nitrogens with zero attached hydrogens (tertiary/aromatic N) is 2. The fourth-order valence-corrected chi connectivity index (χ4v) is 3.20. The van der Waals surface area contributed by atoms with Crippen LogP contribution < -0.4 is 20.3 Å². The molecule has 1 atom stereocenters. The van der Waals surface area contributed by atoms with E-state index in [1.54, 1.807) is 21.3 Å². The minimum Gasteiger partial charge on any atom is -0.495 e. The lowest BCUT2D eigenvalue weighted by Crippen LogP contribution is -2.40. The molecule has 1 saturated heterocycles. The summed E-state index contributed by atoms with van der Waals surface area (Å²) in [4.78, 5) is 6.70. The molecule has 7 heteroatoms. The largest absolute Gasteiger partial charge is 0.495 e. The molecule has 1 aliphatic rings. The van der Waals surface area contributed by atoms with Crippen molar-refractivity contribution in [3.05, 3.63) is 24.3 Å². The molecule has 1 unspecified atom stereocenters. The molecular formula is C20H34N4O3. The van der Waals surface area contributed by atoms with E-state index >= 15 is 0 Å². The topological polar surface area (TPSA) is 67.4 Å². The van der Waals surface area contributed by atoms with Crippen LogP contribution in [-0.4, -0.2) is 73.2 Å². The maximum Gasteiger partial charge on any atom is 0.190 e. The van der Waals surface area contributed by atoms with E-state index in [1.807, 2.05) is 12.1 Å². The van der Waals surface area contributed by atoms with Gasteiger partial charge in [0, 0.05) is 46.9 Å². The number of hydrogen-bond acceptors (Lipinski definition) is 5. The van der Waals surface area contributed by atoms with Crippen molar-refractivity contribution in [2.45, 2.75) is 12.8 Å². The van der Waals surface area contributed by atoms with Crippen molar-refractivity contribution in [3.63, 3.8) is 0 Å². The highest BCUT2D eigenvalue weighted by Gasteiger charge is 2.24. The quantitative estimate of drug-likeness (QED) is 0.347. The molecule has 0 aromatic heterocycles. The molecule has 1 aliphatic heterocycles. The summed E-state index contributed by atoms with van der Waals surface area (Å²) in [5.41, 5.74) is 1.18. The van der Waals surface area contributed by atoms with Crippen LogP contribution in [0.4, 0.5) is 5.69 Å². The van der Waals surface area contributed by atoms with E-state index in [-0.39, 0.29) is 0 Å². The third-order valence-corrected chi connectivity index (χ3v) is 4.68. The predicted octanol–water partition coefficient (Wildman–Crippen LogP) is 1.74. The smallest absolute Gasteiger partial charge is 0.190 e. The van der Waals surface area contributed by atoms with Gasteiger partial charge in [-0.1, -0.05) is 12.1 Å². The van der Waals surface area contributed by atoms with Crippen LogP contribution in [0.25, 0.3) is 0 Å². The molecular weight excluding hydrogens is 344 g/mol. The zero-order valence-corrected chi connectivity index (χ0v) is 16.9. The van der Waals surface area contributed by atoms with Crippen molar-refractivity contribution in [1.82, 2.24) is 10.6 Å². The molecule has 0 spiro atoms. The van der Waals surface area contributed by atoms with Gasteiger partial charge in [0.2, 0.25) is 0 Å². The second kappa shape index (κ2) is 12.4. The van der Waals surface area contributed by atoms with Gasteiger partial charge in [0.15, 0.2) is 5.96 Å². The highest BCUT2D eigenvalue weighted by molar-refractivity contribution is 5.79. The van der Waals surface area contributed by atoms with E-state index < -0.39 is 0 Å². The molecule has 1 fully saturated rings. The minimum absolute atomic E-state index is 0.589. The van der Waals surface area contributed by atoms with Gasteiger partial charge in [-0.05, 0) is 30.9 Å². The summed E-state index contributed by atoms with van der Waals surface area (Å²) in [7, 11) is 5.22. The van der Waals surface area contributed by atoms with Gasteiger partial charge < -0.3 is 29.7 Å². The molecule has 0 amide bonds. The Morgan fingerprint density at radius 2 is 2.04 bits per heavy atom. The molecule has 7 nitrogen and oxygen atoms in total. The van der Waals surface area contributed by atoms with E-state index in [9.17, 15) is 0 Å². The van der Waals surface area contributed by atoms with Crippen molar-refractivity contribution in [2.75, 3.05) is 72.2 Å². The zero-order valence-electron chi connectivity index (χ0n) is 16.9. The molecule has 1 heterocycles. The van der Waals surface area contributed by atoms with E-state index in [1.165, 1.54) is 5.69 Å². The number of nitrogens with one attached hydrogen (secondary N) is 2. The summed E-state index contributed by atoms with van der Waals surface area (Å²) in [5.74, 6) is 2.38. The maximum atomic E-state index is 5.49. The Morgan fingerprint density at radius 1 is 1.19 bits per heavy atom. The van der Waals surface area contributed by atoms with Gasteiger partial charge in [0.05, 0.1) is 26.0 Å². The number of benzene rings is 1. The Labute approximate surface area is 163 Å². The van der Waals surface area contributed by atoms with Crippen molar-refractivity contribution in [3.8, 4) is 5.75 Å². The van der Waals surface area contributed by atoms with E-state index in [0.717, 1.165) is 57.3 Å². The van der Waals surface area contributed by atoms with Crippen molar-refractivity contribution >= 4 is 11.6 Å².